The molecule has 0 spiro atoms. The van der Waals surface area contributed by atoms with Gasteiger partial charge in [-0.25, -0.2) is 18.0 Å². The van der Waals surface area contributed by atoms with Gasteiger partial charge in [0.05, 0.1) is 10.6 Å². The Morgan fingerprint density at radius 3 is 2.03 bits per heavy atom. The summed E-state index contributed by atoms with van der Waals surface area (Å²) in [6.45, 7) is 11.8. The van der Waals surface area contributed by atoms with Crippen molar-refractivity contribution >= 4 is 45.3 Å². The quantitative estimate of drug-likeness (QED) is 0.555. The Balaban J connectivity index is 2.17. The molecule has 11 heteroatoms. The molecule has 2 aromatic carbocycles. The van der Waals surface area contributed by atoms with Crippen LogP contribution in [0.3, 0.4) is 0 Å². The van der Waals surface area contributed by atoms with Crippen molar-refractivity contribution in [1.82, 2.24) is 0 Å². The zero-order chi connectivity index (χ0) is 27.8. The number of anilines is 2. The highest BCUT2D eigenvalue weighted by Gasteiger charge is 2.35. The average Bonchev–Trinajstić information content (AvgIpc) is 2.71. The minimum atomic E-state index is -4.10. The molecule has 0 radical (unpaired) electrons. The summed E-state index contributed by atoms with van der Waals surface area (Å²) in [5, 5.41) is 12.5. The van der Waals surface area contributed by atoms with E-state index in [1.54, 1.807) is 65.8 Å². The Hall–Kier alpha value is -3.41. The predicted molar refractivity (Wildman–Crippen MR) is 141 cm³/mol. The molecular weight excluding hydrogens is 498 g/mol. The van der Waals surface area contributed by atoms with Gasteiger partial charge in [0.15, 0.2) is 5.69 Å². The molecule has 200 valence electrons. The standard InChI is InChI=1S/C26H33N3O7S/c1-17-10-12-20(13-11-17)37(33,34)27-21-16-19(15-18-9-8-14-28(32)22(18)21)29(23(30)35-25(2,3)4)24(31)36-26(5,6)7/h8-13,15-16,27-28H,14H2,1-7H3. The number of quaternary nitrogens is 1. The highest BCUT2D eigenvalue weighted by Crippen LogP contribution is 2.35. The summed E-state index contributed by atoms with van der Waals surface area (Å²) in [6, 6.07) is 8.91. The number of fused-ring (bicyclic) bond motifs is 1. The molecule has 2 aromatic rings. The van der Waals surface area contributed by atoms with E-state index in [4.69, 9.17) is 9.47 Å². The second-order valence-corrected chi connectivity index (χ2v) is 12.4. The molecule has 0 saturated heterocycles. The van der Waals surface area contributed by atoms with Crippen LogP contribution in [0.4, 0.5) is 26.7 Å². The van der Waals surface area contributed by atoms with Gasteiger partial charge >= 0.3 is 12.2 Å². The highest BCUT2D eigenvalue weighted by molar-refractivity contribution is 7.92. The summed E-state index contributed by atoms with van der Waals surface area (Å²) in [4.78, 5) is 27.0. The molecule has 0 bridgehead atoms. The number of benzene rings is 2. The van der Waals surface area contributed by atoms with E-state index in [0.29, 0.717) is 10.5 Å². The van der Waals surface area contributed by atoms with Gasteiger partial charge in [-0.3, -0.25) is 4.72 Å². The number of nitrogens with zero attached hydrogens (tertiary/aromatic N) is 1. The van der Waals surface area contributed by atoms with Crippen molar-refractivity contribution in [3.8, 4) is 0 Å². The van der Waals surface area contributed by atoms with Crippen molar-refractivity contribution in [1.29, 1.82) is 0 Å². The molecule has 2 N–H and O–H groups in total. The average molecular weight is 532 g/mol. The second-order valence-electron chi connectivity index (χ2n) is 10.7. The normalized spacial score (nSPS) is 15.5. The first-order valence-corrected chi connectivity index (χ1v) is 13.2. The summed E-state index contributed by atoms with van der Waals surface area (Å²) < 4.78 is 39.7. The molecule has 0 aromatic heterocycles. The molecule has 2 amide bonds. The third kappa shape index (κ3) is 7.09. The Morgan fingerprint density at radius 2 is 1.51 bits per heavy atom. The van der Waals surface area contributed by atoms with Gasteiger partial charge in [0.25, 0.3) is 10.0 Å². The molecule has 1 aliphatic rings. The van der Waals surface area contributed by atoms with E-state index in [2.05, 4.69) is 4.72 Å². The van der Waals surface area contributed by atoms with Crippen LogP contribution in [0.25, 0.3) is 6.08 Å². The van der Waals surface area contributed by atoms with Gasteiger partial charge in [-0.1, -0.05) is 17.7 Å². The first-order valence-electron chi connectivity index (χ1n) is 11.7. The molecule has 3 rings (SSSR count). The van der Waals surface area contributed by atoms with Crippen LogP contribution in [0, 0.1) is 12.1 Å². The van der Waals surface area contributed by atoms with Crippen LogP contribution in [-0.2, 0) is 19.5 Å². The van der Waals surface area contributed by atoms with E-state index in [1.807, 2.05) is 6.92 Å². The van der Waals surface area contributed by atoms with E-state index >= 15 is 0 Å². The predicted octanol–water partition coefficient (Wildman–Crippen LogP) is 4.51. The maximum absolute atomic E-state index is 13.2. The molecule has 0 saturated carbocycles. The maximum Gasteiger partial charge on any atom is 0.424 e. The number of amides is 2. The zero-order valence-corrected chi connectivity index (χ0v) is 22.9. The fraction of sp³-hybridized carbons (Fsp3) is 0.385. The number of hydrogen-bond acceptors (Lipinski definition) is 7. The lowest BCUT2D eigenvalue weighted by molar-refractivity contribution is -0.768. The van der Waals surface area contributed by atoms with Crippen LogP contribution in [0.2, 0.25) is 0 Å². The number of aryl methyl sites for hydroxylation is 1. The van der Waals surface area contributed by atoms with Crippen molar-refractivity contribution in [3.05, 3.63) is 58.8 Å². The number of carbonyl (C=O) groups excluding carboxylic acids is 2. The fourth-order valence-corrected chi connectivity index (χ4v) is 4.58. The largest absolute Gasteiger partial charge is 0.629 e. The van der Waals surface area contributed by atoms with E-state index in [9.17, 15) is 23.2 Å². The molecular formula is C26H33N3O7S. The van der Waals surface area contributed by atoms with Gasteiger partial charge in [0, 0.05) is 5.56 Å². The van der Waals surface area contributed by atoms with Crippen molar-refractivity contribution in [2.24, 2.45) is 0 Å². The number of carbonyl (C=O) groups is 2. The monoisotopic (exact) mass is 531 g/mol. The molecule has 0 aliphatic carbocycles. The molecule has 0 fully saturated rings. The Labute approximate surface area is 217 Å². The second kappa shape index (κ2) is 10.2. The van der Waals surface area contributed by atoms with Crippen molar-refractivity contribution < 1.29 is 32.5 Å². The smallest absolute Gasteiger partial charge is 0.424 e. The molecule has 1 aliphatic heterocycles. The SMILES string of the molecule is Cc1ccc(S(=O)(=O)Nc2cc(N(C(=O)OC(C)(C)C)C(=O)OC(C)(C)C)cc3c2[NH+]([O-])CC=C3)cc1. The van der Waals surface area contributed by atoms with Crippen LogP contribution < -0.4 is 14.7 Å². The third-order valence-corrected chi connectivity index (χ3v) is 6.40. The van der Waals surface area contributed by atoms with E-state index in [1.165, 1.54) is 24.3 Å². The van der Waals surface area contributed by atoms with Crippen molar-refractivity contribution in [2.45, 2.75) is 64.6 Å². The van der Waals surface area contributed by atoms with E-state index < -0.39 is 33.4 Å². The van der Waals surface area contributed by atoms with Crippen LogP contribution in [0.5, 0.6) is 0 Å². The number of hydroxylamine groups is 1. The lowest BCUT2D eigenvalue weighted by Crippen LogP contribution is -3.02. The van der Waals surface area contributed by atoms with Crippen molar-refractivity contribution in [2.75, 3.05) is 16.2 Å². The maximum atomic E-state index is 13.2. The summed E-state index contributed by atoms with van der Waals surface area (Å²) in [5.41, 5.74) is -0.608. The van der Waals surface area contributed by atoms with Gasteiger partial charge in [0.1, 0.15) is 23.4 Å². The van der Waals surface area contributed by atoms with Gasteiger partial charge in [-0.05, 0) is 84.9 Å². The van der Waals surface area contributed by atoms with Gasteiger partial charge in [-0.2, -0.15) is 4.90 Å². The molecule has 37 heavy (non-hydrogen) atoms. The number of rotatable bonds is 4. The van der Waals surface area contributed by atoms with Crippen LogP contribution in [-0.4, -0.2) is 38.4 Å². The minimum absolute atomic E-state index is 0.00723. The molecule has 1 heterocycles. The molecule has 10 nitrogen and oxygen atoms in total. The van der Waals surface area contributed by atoms with Crippen LogP contribution in [0.1, 0.15) is 52.7 Å². The number of ether oxygens (including phenoxy) is 2. The van der Waals surface area contributed by atoms with Gasteiger partial charge < -0.3 is 19.7 Å². The summed E-state index contributed by atoms with van der Waals surface area (Å²) in [5.74, 6) is 0. The number of sulfonamides is 1. The van der Waals surface area contributed by atoms with Crippen LogP contribution >= 0.6 is 0 Å². The first kappa shape index (κ1) is 28.2. The topological polar surface area (TPSA) is 130 Å². The van der Waals surface area contributed by atoms with Gasteiger partial charge in [0.2, 0.25) is 0 Å². The lowest BCUT2D eigenvalue weighted by atomic mass is 10.1. The van der Waals surface area contributed by atoms with Crippen molar-refractivity contribution in [3.63, 3.8) is 0 Å². The third-order valence-electron chi connectivity index (χ3n) is 5.02. The zero-order valence-electron chi connectivity index (χ0n) is 22.0. The Bertz CT molecular complexity index is 1290. The summed E-state index contributed by atoms with van der Waals surface area (Å²) >= 11 is 0. The lowest BCUT2D eigenvalue weighted by Gasteiger charge is -2.31. The fourth-order valence-electron chi connectivity index (χ4n) is 3.52. The number of imide groups is 1. The van der Waals surface area contributed by atoms with E-state index in [0.717, 1.165) is 5.56 Å². The molecule has 1 unspecified atom stereocenters. The Kier molecular flexibility index (Phi) is 7.73. The summed E-state index contributed by atoms with van der Waals surface area (Å²) in [7, 11) is -4.10. The molecule has 1 atom stereocenters. The summed E-state index contributed by atoms with van der Waals surface area (Å²) in [6.07, 6.45) is 1.23. The first-order chi connectivity index (χ1) is 17.0. The highest BCUT2D eigenvalue weighted by atomic mass is 32.2. The minimum Gasteiger partial charge on any atom is -0.629 e. The number of hydrogen-bond donors (Lipinski definition) is 2. The van der Waals surface area contributed by atoms with Gasteiger partial charge in [-0.15, -0.1) is 0 Å². The van der Waals surface area contributed by atoms with Crippen LogP contribution in [0.15, 0.2) is 47.4 Å². The number of nitrogens with one attached hydrogen (secondary N) is 2. The van der Waals surface area contributed by atoms with E-state index in [-0.39, 0.29) is 33.6 Å². The Morgan fingerprint density at radius 1 is 0.973 bits per heavy atom.